The minimum atomic E-state index is -1.00. The molecule has 0 aliphatic heterocycles. The molecule has 1 rings (SSSR count). The van der Waals surface area contributed by atoms with E-state index in [-0.39, 0.29) is 17.7 Å². The Morgan fingerprint density at radius 3 is 2.24 bits per heavy atom. The first kappa shape index (κ1) is 17.2. The summed E-state index contributed by atoms with van der Waals surface area (Å²) in [7, 11) is 1.87. The Hall–Kier alpha value is -1.85. The van der Waals surface area contributed by atoms with Crippen LogP contribution in [0, 0.1) is 25.7 Å². The summed E-state index contributed by atoms with van der Waals surface area (Å²) in [5, 5.41) is 16.1. The molecule has 2 atom stereocenters. The molecule has 0 radical (unpaired) electrons. The van der Waals surface area contributed by atoms with E-state index in [0.717, 1.165) is 17.0 Å². The van der Waals surface area contributed by atoms with Crippen molar-refractivity contribution in [1.29, 1.82) is 0 Å². The van der Waals surface area contributed by atoms with Crippen LogP contribution < -0.4 is 5.32 Å². The third kappa shape index (κ3) is 4.06. The predicted octanol–water partition coefficient (Wildman–Crippen LogP) is 1.44. The number of amides is 1. The van der Waals surface area contributed by atoms with Crippen molar-refractivity contribution in [3.63, 3.8) is 0 Å². The molecule has 1 amide bonds. The molecule has 0 aliphatic rings. The van der Waals surface area contributed by atoms with E-state index < -0.39 is 12.0 Å². The summed E-state index contributed by atoms with van der Waals surface area (Å²) in [6, 6.07) is -0.851. The number of nitrogens with one attached hydrogen (secondary N) is 1. The lowest BCUT2D eigenvalue weighted by Gasteiger charge is -2.20. The van der Waals surface area contributed by atoms with E-state index in [9.17, 15) is 9.59 Å². The van der Waals surface area contributed by atoms with E-state index in [1.54, 1.807) is 25.5 Å². The lowest BCUT2D eigenvalue weighted by atomic mass is 9.97. The Morgan fingerprint density at radius 2 is 1.86 bits per heavy atom. The maximum Gasteiger partial charge on any atom is 0.326 e. The van der Waals surface area contributed by atoms with Crippen LogP contribution in [0.4, 0.5) is 0 Å². The van der Waals surface area contributed by atoms with Gasteiger partial charge in [-0.15, -0.1) is 0 Å². The van der Waals surface area contributed by atoms with Crippen molar-refractivity contribution in [2.45, 2.75) is 47.1 Å². The lowest BCUT2D eigenvalue weighted by molar-refractivity contribution is -0.143. The lowest BCUT2D eigenvalue weighted by Crippen LogP contribution is -2.46. The van der Waals surface area contributed by atoms with Crippen LogP contribution in [0.5, 0.6) is 0 Å². The second-order valence-electron chi connectivity index (χ2n) is 5.95. The van der Waals surface area contributed by atoms with E-state index in [1.165, 1.54) is 0 Å². The van der Waals surface area contributed by atoms with Crippen LogP contribution in [0.25, 0.3) is 0 Å². The quantitative estimate of drug-likeness (QED) is 0.831. The van der Waals surface area contributed by atoms with Crippen LogP contribution in [0.2, 0.25) is 0 Å². The number of hydrogen-bond donors (Lipinski definition) is 2. The third-order valence-corrected chi connectivity index (χ3v) is 3.85. The second-order valence-corrected chi connectivity index (χ2v) is 5.95. The first-order valence-electron chi connectivity index (χ1n) is 7.17. The second kappa shape index (κ2) is 6.74. The van der Waals surface area contributed by atoms with Crippen LogP contribution in [0.3, 0.4) is 0 Å². The van der Waals surface area contributed by atoms with Gasteiger partial charge in [0.2, 0.25) is 5.91 Å². The fourth-order valence-electron chi connectivity index (χ4n) is 2.32. The van der Waals surface area contributed by atoms with Gasteiger partial charge in [0.25, 0.3) is 0 Å². The van der Waals surface area contributed by atoms with Gasteiger partial charge >= 0.3 is 5.97 Å². The number of rotatable bonds is 6. The summed E-state index contributed by atoms with van der Waals surface area (Å²) in [5.74, 6) is -1.69. The molecule has 1 heterocycles. The van der Waals surface area contributed by atoms with E-state index in [2.05, 4.69) is 10.4 Å². The molecular weight excluding hydrogens is 270 g/mol. The fourth-order valence-corrected chi connectivity index (χ4v) is 2.32. The van der Waals surface area contributed by atoms with Gasteiger partial charge in [0.1, 0.15) is 6.04 Å². The zero-order valence-corrected chi connectivity index (χ0v) is 13.6. The molecule has 0 saturated heterocycles. The monoisotopic (exact) mass is 295 g/mol. The number of carbonyl (C=O) groups is 2. The van der Waals surface area contributed by atoms with Crippen LogP contribution >= 0.6 is 0 Å². The van der Waals surface area contributed by atoms with Crippen molar-refractivity contribution in [3.05, 3.63) is 17.0 Å². The molecule has 0 saturated carbocycles. The molecular formula is C15H25N3O3. The zero-order valence-electron chi connectivity index (χ0n) is 13.6. The van der Waals surface area contributed by atoms with Gasteiger partial charge in [-0.2, -0.15) is 5.10 Å². The minimum absolute atomic E-state index is 0.152. The van der Waals surface area contributed by atoms with E-state index in [4.69, 9.17) is 5.11 Å². The molecule has 1 aromatic rings. The largest absolute Gasteiger partial charge is 0.480 e. The summed E-state index contributed by atoms with van der Waals surface area (Å²) in [6.45, 7) is 9.24. The highest BCUT2D eigenvalue weighted by Gasteiger charge is 2.26. The molecule has 0 fully saturated rings. The summed E-state index contributed by atoms with van der Waals surface area (Å²) >= 11 is 0. The van der Waals surface area contributed by atoms with Crippen LogP contribution in [-0.4, -0.2) is 32.8 Å². The Morgan fingerprint density at radius 1 is 1.29 bits per heavy atom. The highest BCUT2D eigenvalue weighted by atomic mass is 16.4. The molecule has 0 bridgehead atoms. The van der Waals surface area contributed by atoms with Crippen molar-refractivity contribution >= 4 is 11.9 Å². The molecule has 0 aliphatic carbocycles. The smallest absolute Gasteiger partial charge is 0.326 e. The van der Waals surface area contributed by atoms with Gasteiger partial charge in [0.05, 0.1) is 5.69 Å². The number of carbonyl (C=O) groups excluding carboxylic acids is 1. The molecule has 2 N–H and O–H groups in total. The molecule has 118 valence electrons. The summed E-state index contributed by atoms with van der Waals surface area (Å²) in [6.07, 6.45) is 0.557. The predicted molar refractivity (Wildman–Crippen MR) is 80.0 cm³/mol. The molecule has 2 unspecified atom stereocenters. The number of aromatic nitrogens is 2. The van der Waals surface area contributed by atoms with Crippen molar-refractivity contribution in [2.24, 2.45) is 18.9 Å². The van der Waals surface area contributed by atoms with Gasteiger partial charge in [-0.1, -0.05) is 20.8 Å². The Kier molecular flexibility index (Phi) is 5.52. The highest BCUT2D eigenvalue weighted by molar-refractivity contribution is 5.85. The molecule has 0 aromatic carbocycles. The normalized spacial score (nSPS) is 14.0. The van der Waals surface area contributed by atoms with Crippen LogP contribution in [0.15, 0.2) is 0 Å². The Balaban J connectivity index is 2.77. The van der Waals surface area contributed by atoms with Gasteiger partial charge in [-0.05, 0) is 31.7 Å². The van der Waals surface area contributed by atoms with Gasteiger partial charge in [0, 0.05) is 18.7 Å². The summed E-state index contributed by atoms with van der Waals surface area (Å²) < 4.78 is 1.80. The zero-order chi connectivity index (χ0) is 16.3. The van der Waals surface area contributed by atoms with Gasteiger partial charge < -0.3 is 10.4 Å². The van der Waals surface area contributed by atoms with Crippen LogP contribution in [0.1, 0.15) is 37.7 Å². The van der Waals surface area contributed by atoms with Crippen molar-refractivity contribution in [2.75, 3.05) is 0 Å². The maximum atomic E-state index is 12.2. The molecule has 6 heteroatoms. The maximum absolute atomic E-state index is 12.2. The summed E-state index contributed by atoms with van der Waals surface area (Å²) in [5.41, 5.74) is 3.00. The van der Waals surface area contributed by atoms with Gasteiger partial charge in [-0.25, -0.2) is 4.79 Å². The number of aliphatic carboxylic acids is 1. The fraction of sp³-hybridized carbons (Fsp3) is 0.667. The number of aryl methyl sites for hydroxylation is 2. The van der Waals surface area contributed by atoms with Crippen molar-refractivity contribution < 1.29 is 14.7 Å². The van der Waals surface area contributed by atoms with Gasteiger partial charge in [-0.3, -0.25) is 9.48 Å². The van der Waals surface area contributed by atoms with Gasteiger partial charge in [0.15, 0.2) is 0 Å². The van der Waals surface area contributed by atoms with Crippen molar-refractivity contribution in [1.82, 2.24) is 15.1 Å². The molecule has 1 aromatic heterocycles. The van der Waals surface area contributed by atoms with Crippen LogP contribution in [-0.2, 0) is 23.1 Å². The number of nitrogens with zero attached hydrogens (tertiary/aromatic N) is 2. The first-order valence-corrected chi connectivity index (χ1v) is 7.17. The molecule has 0 spiro atoms. The van der Waals surface area contributed by atoms with E-state index >= 15 is 0 Å². The SMILES string of the molecule is Cc1nn(C)c(C)c1CC(C)C(=O)NC(C(=O)O)C(C)C. The highest BCUT2D eigenvalue weighted by Crippen LogP contribution is 2.17. The Bertz CT molecular complexity index is 535. The molecule has 21 heavy (non-hydrogen) atoms. The Labute approximate surface area is 125 Å². The first-order chi connectivity index (χ1) is 9.65. The molecule has 6 nitrogen and oxygen atoms in total. The number of hydrogen-bond acceptors (Lipinski definition) is 3. The van der Waals surface area contributed by atoms with Crippen molar-refractivity contribution in [3.8, 4) is 0 Å². The average molecular weight is 295 g/mol. The summed E-state index contributed by atoms with van der Waals surface area (Å²) in [4.78, 5) is 23.3. The van der Waals surface area contributed by atoms with E-state index in [0.29, 0.717) is 6.42 Å². The number of carboxylic acid groups (broad SMARTS) is 1. The van der Waals surface area contributed by atoms with E-state index in [1.807, 2.05) is 20.9 Å². The topological polar surface area (TPSA) is 84.2 Å². The average Bonchev–Trinajstić information content (AvgIpc) is 2.61. The third-order valence-electron chi connectivity index (χ3n) is 3.85. The standard InChI is InChI=1S/C15H25N3O3/c1-8(2)13(15(20)21)16-14(19)9(3)7-12-10(4)17-18(6)11(12)5/h8-9,13H,7H2,1-6H3,(H,16,19)(H,20,21). The minimum Gasteiger partial charge on any atom is -0.480 e. The number of carboxylic acids is 1.